The van der Waals surface area contributed by atoms with E-state index in [9.17, 15) is 5.11 Å². The summed E-state index contributed by atoms with van der Waals surface area (Å²) in [6, 6.07) is 5.29. The maximum absolute atomic E-state index is 10.0. The fraction of sp³-hybridized carbons (Fsp3) is 0.500. The predicted molar refractivity (Wildman–Crippen MR) is 61.0 cm³/mol. The maximum atomic E-state index is 10.0. The van der Waals surface area contributed by atoms with Crippen LogP contribution >= 0.6 is 0 Å². The Bertz CT molecular complexity index is 338. The third-order valence-corrected chi connectivity index (χ3v) is 2.58. The van der Waals surface area contributed by atoms with Crippen LogP contribution in [0, 0.1) is 0 Å². The summed E-state index contributed by atoms with van der Waals surface area (Å²) in [7, 11) is 4.70. The summed E-state index contributed by atoms with van der Waals surface area (Å²) in [5, 5.41) is 10.0. The summed E-state index contributed by atoms with van der Waals surface area (Å²) in [5.41, 5.74) is 0.692. The Morgan fingerprint density at radius 3 is 2.31 bits per heavy atom. The summed E-state index contributed by atoms with van der Waals surface area (Å²) in [6.45, 7) is 1.80. The Morgan fingerprint density at radius 1 is 1.12 bits per heavy atom. The van der Waals surface area contributed by atoms with Gasteiger partial charge in [-0.25, -0.2) is 0 Å². The molecule has 0 aliphatic rings. The second-order valence-corrected chi connectivity index (χ2v) is 3.49. The molecule has 0 bridgehead atoms. The molecule has 4 nitrogen and oxygen atoms in total. The Labute approximate surface area is 95.8 Å². The van der Waals surface area contributed by atoms with Gasteiger partial charge >= 0.3 is 0 Å². The fourth-order valence-electron chi connectivity index (χ4n) is 1.44. The lowest BCUT2D eigenvalue weighted by atomic mass is 10.0. The summed E-state index contributed by atoms with van der Waals surface area (Å²) < 4.78 is 15.4. The molecule has 0 aromatic heterocycles. The van der Waals surface area contributed by atoms with Crippen molar-refractivity contribution in [2.45, 2.75) is 19.1 Å². The molecule has 1 aromatic rings. The van der Waals surface area contributed by atoms with Crippen LogP contribution in [0.2, 0.25) is 0 Å². The Balaban J connectivity index is 3.03. The summed E-state index contributed by atoms with van der Waals surface area (Å²) in [4.78, 5) is 0. The van der Waals surface area contributed by atoms with Crippen molar-refractivity contribution in [1.82, 2.24) is 0 Å². The van der Waals surface area contributed by atoms with E-state index >= 15 is 0 Å². The minimum absolute atomic E-state index is 0.290. The van der Waals surface area contributed by atoms with E-state index in [1.165, 1.54) is 0 Å². The van der Waals surface area contributed by atoms with Crippen LogP contribution in [0.5, 0.6) is 11.5 Å². The van der Waals surface area contributed by atoms with E-state index < -0.39 is 6.10 Å². The van der Waals surface area contributed by atoms with Gasteiger partial charge < -0.3 is 19.3 Å². The van der Waals surface area contributed by atoms with Gasteiger partial charge in [-0.3, -0.25) is 0 Å². The van der Waals surface area contributed by atoms with Gasteiger partial charge in [0.05, 0.1) is 20.3 Å². The molecule has 2 unspecified atom stereocenters. The normalized spacial score (nSPS) is 14.3. The molecule has 0 radical (unpaired) electrons. The maximum Gasteiger partial charge on any atom is 0.128 e. The Hall–Kier alpha value is -1.26. The number of aliphatic hydroxyl groups is 1. The first-order chi connectivity index (χ1) is 7.63. The van der Waals surface area contributed by atoms with Gasteiger partial charge in [-0.2, -0.15) is 0 Å². The number of benzene rings is 1. The molecule has 0 saturated carbocycles. The zero-order valence-corrected chi connectivity index (χ0v) is 10.1. The van der Waals surface area contributed by atoms with Gasteiger partial charge in [0.1, 0.15) is 17.6 Å². The average molecular weight is 226 g/mol. The molecule has 0 fully saturated rings. The van der Waals surface area contributed by atoms with Gasteiger partial charge in [-0.15, -0.1) is 0 Å². The van der Waals surface area contributed by atoms with Crippen molar-refractivity contribution in [2.75, 3.05) is 21.3 Å². The van der Waals surface area contributed by atoms with Gasteiger partial charge in [0.25, 0.3) is 0 Å². The second-order valence-electron chi connectivity index (χ2n) is 3.49. The molecular weight excluding hydrogens is 208 g/mol. The van der Waals surface area contributed by atoms with E-state index in [1.807, 2.05) is 0 Å². The highest BCUT2D eigenvalue weighted by atomic mass is 16.5. The highest BCUT2D eigenvalue weighted by Crippen LogP contribution is 2.31. The third kappa shape index (κ3) is 2.65. The van der Waals surface area contributed by atoms with E-state index in [4.69, 9.17) is 14.2 Å². The molecule has 4 heteroatoms. The van der Waals surface area contributed by atoms with Crippen molar-refractivity contribution in [3.63, 3.8) is 0 Å². The molecule has 1 rings (SSSR count). The van der Waals surface area contributed by atoms with E-state index in [0.717, 1.165) is 0 Å². The highest BCUT2D eigenvalue weighted by molar-refractivity contribution is 5.42. The van der Waals surface area contributed by atoms with Gasteiger partial charge in [0.2, 0.25) is 0 Å². The SMILES string of the molecule is COc1ccc(C(O)C(C)OC)c(OC)c1. The average Bonchev–Trinajstić information content (AvgIpc) is 2.35. The predicted octanol–water partition coefficient (Wildman–Crippen LogP) is 1.77. The molecule has 1 N–H and O–H groups in total. The molecule has 90 valence electrons. The minimum Gasteiger partial charge on any atom is -0.497 e. The van der Waals surface area contributed by atoms with Crippen molar-refractivity contribution < 1.29 is 19.3 Å². The number of aliphatic hydroxyl groups excluding tert-OH is 1. The second kappa shape index (κ2) is 5.72. The smallest absolute Gasteiger partial charge is 0.128 e. The van der Waals surface area contributed by atoms with Crippen LogP contribution in [0.1, 0.15) is 18.6 Å². The van der Waals surface area contributed by atoms with Gasteiger partial charge in [0, 0.05) is 18.7 Å². The fourth-order valence-corrected chi connectivity index (χ4v) is 1.44. The van der Waals surface area contributed by atoms with Crippen LogP contribution in [0.4, 0.5) is 0 Å². The van der Waals surface area contributed by atoms with E-state index in [-0.39, 0.29) is 6.10 Å². The third-order valence-electron chi connectivity index (χ3n) is 2.58. The first kappa shape index (κ1) is 12.8. The molecule has 0 saturated heterocycles. The van der Waals surface area contributed by atoms with Crippen LogP contribution < -0.4 is 9.47 Å². The number of hydrogen-bond acceptors (Lipinski definition) is 4. The van der Waals surface area contributed by atoms with Gasteiger partial charge in [0.15, 0.2) is 0 Å². The van der Waals surface area contributed by atoms with Crippen molar-refractivity contribution in [3.05, 3.63) is 23.8 Å². The first-order valence-electron chi connectivity index (χ1n) is 5.06. The van der Waals surface area contributed by atoms with Crippen molar-refractivity contribution in [1.29, 1.82) is 0 Å². The number of hydrogen-bond donors (Lipinski definition) is 1. The zero-order chi connectivity index (χ0) is 12.1. The van der Waals surface area contributed by atoms with E-state index in [2.05, 4.69) is 0 Å². The first-order valence-corrected chi connectivity index (χ1v) is 5.06. The molecule has 16 heavy (non-hydrogen) atoms. The topological polar surface area (TPSA) is 47.9 Å². The lowest BCUT2D eigenvalue weighted by Crippen LogP contribution is -2.17. The lowest BCUT2D eigenvalue weighted by Gasteiger charge is -2.20. The van der Waals surface area contributed by atoms with Crippen LogP contribution in [-0.4, -0.2) is 32.5 Å². The Morgan fingerprint density at radius 2 is 1.81 bits per heavy atom. The monoisotopic (exact) mass is 226 g/mol. The summed E-state index contributed by atoms with van der Waals surface area (Å²) in [6.07, 6.45) is -1.01. The zero-order valence-electron chi connectivity index (χ0n) is 10.1. The van der Waals surface area contributed by atoms with Gasteiger partial charge in [-0.1, -0.05) is 0 Å². The molecule has 1 aromatic carbocycles. The molecule has 0 heterocycles. The van der Waals surface area contributed by atoms with E-state index in [1.54, 1.807) is 46.5 Å². The van der Waals surface area contributed by atoms with Crippen LogP contribution in [0.3, 0.4) is 0 Å². The number of rotatable bonds is 5. The molecule has 0 aliphatic heterocycles. The van der Waals surface area contributed by atoms with E-state index in [0.29, 0.717) is 17.1 Å². The van der Waals surface area contributed by atoms with Crippen LogP contribution in [-0.2, 0) is 4.74 Å². The lowest BCUT2D eigenvalue weighted by molar-refractivity contribution is -0.00252. The Kier molecular flexibility index (Phi) is 4.58. The molecule has 0 amide bonds. The van der Waals surface area contributed by atoms with Crippen LogP contribution in [0.15, 0.2) is 18.2 Å². The number of ether oxygens (including phenoxy) is 3. The summed E-state index contributed by atoms with van der Waals surface area (Å²) in [5.74, 6) is 1.29. The molecular formula is C12H18O4. The quantitative estimate of drug-likeness (QED) is 0.831. The highest BCUT2D eigenvalue weighted by Gasteiger charge is 2.20. The molecule has 0 aliphatic carbocycles. The summed E-state index contributed by atoms with van der Waals surface area (Å²) >= 11 is 0. The van der Waals surface area contributed by atoms with Crippen molar-refractivity contribution in [3.8, 4) is 11.5 Å². The van der Waals surface area contributed by atoms with Crippen LogP contribution in [0.25, 0.3) is 0 Å². The van der Waals surface area contributed by atoms with Crippen molar-refractivity contribution >= 4 is 0 Å². The molecule has 2 atom stereocenters. The van der Waals surface area contributed by atoms with Crippen molar-refractivity contribution in [2.24, 2.45) is 0 Å². The molecule has 0 spiro atoms. The minimum atomic E-state index is -0.717. The largest absolute Gasteiger partial charge is 0.497 e. The number of methoxy groups -OCH3 is 3. The standard InChI is InChI=1S/C12H18O4/c1-8(14-2)12(13)10-6-5-9(15-3)7-11(10)16-4/h5-8,12-13H,1-4H3. The van der Waals surface area contributed by atoms with Gasteiger partial charge in [-0.05, 0) is 19.1 Å².